The molecule has 2 amide bonds. The number of benzene rings is 1. The molecule has 124 valence electrons. The van der Waals surface area contributed by atoms with E-state index in [9.17, 15) is 9.59 Å². The van der Waals surface area contributed by atoms with Gasteiger partial charge in [0.25, 0.3) is 5.91 Å². The summed E-state index contributed by atoms with van der Waals surface area (Å²) in [6, 6.07) is 8.20. The van der Waals surface area contributed by atoms with Crippen LogP contribution in [0.25, 0.3) is 0 Å². The molecule has 2 aliphatic heterocycles. The van der Waals surface area contributed by atoms with E-state index in [1.54, 1.807) is 24.3 Å². The van der Waals surface area contributed by atoms with Crippen LogP contribution < -0.4 is 21.1 Å². The first-order chi connectivity index (χ1) is 11.1. The van der Waals surface area contributed by atoms with Gasteiger partial charge in [0.05, 0.1) is 0 Å². The minimum atomic E-state index is -0.528. The Morgan fingerprint density at radius 3 is 2.70 bits per heavy atom. The van der Waals surface area contributed by atoms with Gasteiger partial charge in [-0.2, -0.15) is 0 Å². The van der Waals surface area contributed by atoms with Gasteiger partial charge in [-0.3, -0.25) is 9.59 Å². The molecule has 0 aliphatic carbocycles. The Morgan fingerprint density at radius 2 is 2.00 bits per heavy atom. The molecule has 0 saturated carbocycles. The fourth-order valence-corrected chi connectivity index (χ4v) is 3.63. The number of ether oxygens (including phenoxy) is 1. The van der Waals surface area contributed by atoms with Gasteiger partial charge in [0.15, 0.2) is 6.61 Å². The number of carbonyl (C=O) groups excluding carboxylic acids is 2. The van der Waals surface area contributed by atoms with E-state index in [1.807, 2.05) is 0 Å². The lowest BCUT2D eigenvalue weighted by Crippen LogP contribution is -2.39. The number of rotatable bonds is 6. The van der Waals surface area contributed by atoms with Crippen molar-refractivity contribution < 1.29 is 14.3 Å². The number of piperidine rings is 1. The predicted molar refractivity (Wildman–Crippen MR) is 87.0 cm³/mol. The molecule has 2 bridgehead atoms. The van der Waals surface area contributed by atoms with E-state index >= 15 is 0 Å². The van der Waals surface area contributed by atoms with Crippen LogP contribution in [0, 0.1) is 5.92 Å². The highest BCUT2D eigenvalue weighted by Crippen LogP contribution is 2.32. The minimum absolute atomic E-state index is 0.0309. The summed E-state index contributed by atoms with van der Waals surface area (Å²) in [6.07, 6.45) is 5.21. The summed E-state index contributed by atoms with van der Waals surface area (Å²) < 4.78 is 5.24. The highest BCUT2D eigenvalue weighted by molar-refractivity contribution is 5.91. The molecule has 1 aromatic carbocycles. The Kier molecular flexibility index (Phi) is 4.81. The third kappa shape index (κ3) is 4.45. The second kappa shape index (κ2) is 7.00. The normalized spacial score (nSPS) is 25.8. The highest BCUT2D eigenvalue weighted by atomic mass is 16.5. The Hall–Kier alpha value is -2.08. The summed E-state index contributed by atoms with van der Waals surface area (Å²) in [5.41, 5.74) is 5.73. The lowest BCUT2D eigenvalue weighted by atomic mass is 9.89. The Bertz CT molecular complexity index is 578. The van der Waals surface area contributed by atoms with Crippen molar-refractivity contribution in [2.24, 2.45) is 11.7 Å². The number of nitrogens with one attached hydrogen (secondary N) is 2. The summed E-state index contributed by atoms with van der Waals surface area (Å²) in [5, 5.41) is 6.50. The summed E-state index contributed by atoms with van der Waals surface area (Å²) in [4.78, 5) is 23.0. The average Bonchev–Trinajstić information content (AvgIpc) is 2.84. The second-order valence-electron chi connectivity index (χ2n) is 6.51. The van der Waals surface area contributed by atoms with Crippen molar-refractivity contribution in [1.82, 2.24) is 5.32 Å². The third-order valence-electron chi connectivity index (χ3n) is 4.54. The largest absolute Gasteiger partial charge is 0.484 e. The number of nitrogens with two attached hydrogens (primary N) is 1. The van der Waals surface area contributed by atoms with Gasteiger partial charge in [-0.25, -0.2) is 0 Å². The van der Waals surface area contributed by atoms with E-state index in [0.717, 1.165) is 12.8 Å². The number of hydrogen-bond acceptors (Lipinski definition) is 4. The first-order valence-electron chi connectivity index (χ1n) is 8.15. The Morgan fingerprint density at radius 1 is 1.26 bits per heavy atom. The Labute approximate surface area is 135 Å². The zero-order valence-corrected chi connectivity index (χ0v) is 13.1. The quantitative estimate of drug-likeness (QED) is 0.739. The molecule has 2 fully saturated rings. The Balaban J connectivity index is 1.51. The van der Waals surface area contributed by atoms with E-state index < -0.39 is 5.91 Å². The standard InChI is InChI=1S/C17H23N3O3/c18-16(21)10-23-15-3-1-2-12(9-15)20-17(22)8-11-6-13-4-5-14(7-11)19-13/h1-3,9,11,13-14,19H,4-8,10H2,(H2,18,21)(H,20,22). The topological polar surface area (TPSA) is 93.5 Å². The fraction of sp³-hybridized carbons (Fsp3) is 0.529. The van der Waals surface area contributed by atoms with E-state index in [0.29, 0.717) is 35.9 Å². The van der Waals surface area contributed by atoms with Crippen molar-refractivity contribution in [3.05, 3.63) is 24.3 Å². The van der Waals surface area contributed by atoms with Gasteiger partial charge in [-0.1, -0.05) is 6.07 Å². The van der Waals surface area contributed by atoms with Crippen LogP contribution in [0.2, 0.25) is 0 Å². The molecule has 2 aliphatic rings. The molecular weight excluding hydrogens is 294 g/mol. The molecule has 1 aromatic rings. The first kappa shape index (κ1) is 15.8. The summed E-state index contributed by atoms with van der Waals surface area (Å²) in [7, 11) is 0. The number of hydrogen-bond donors (Lipinski definition) is 3. The van der Waals surface area contributed by atoms with Crippen molar-refractivity contribution in [3.63, 3.8) is 0 Å². The zero-order valence-electron chi connectivity index (χ0n) is 13.1. The molecule has 2 atom stereocenters. The maximum Gasteiger partial charge on any atom is 0.255 e. The summed E-state index contributed by atoms with van der Waals surface area (Å²) in [5.74, 6) is 0.480. The number of amides is 2. The van der Waals surface area contributed by atoms with Crippen molar-refractivity contribution in [3.8, 4) is 5.75 Å². The molecule has 0 aromatic heterocycles. The molecule has 2 unspecified atom stereocenters. The van der Waals surface area contributed by atoms with Crippen LogP contribution in [0.1, 0.15) is 32.1 Å². The second-order valence-corrected chi connectivity index (χ2v) is 6.51. The number of primary amides is 1. The van der Waals surface area contributed by atoms with E-state index in [2.05, 4.69) is 10.6 Å². The van der Waals surface area contributed by atoms with Crippen LogP contribution in [0.5, 0.6) is 5.75 Å². The van der Waals surface area contributed by atoms with Crippen molar-refractivity contribution >= 4 is 17.5 Å². The highest BCUT2D eigenvalue weighted by Gasteiger charge is 2.34. The summed E-state index contributed by atoms with van der Waals surface area (Å²) >= 11 is 0. The van der Waals surface area contributed by atoms with Gasteiger partial charge >= 0.3 is 0 Å². The van der Waals surface area contributed by atoms with Crippen LogP contribution in [0.15, 0.2) is 24.3 Å². The number of fused-ring (bicyclic) bond motifs is 2. The maximum absolute atomic E-state index is 12.2. The van der Waals surface area contributed by atoms with Gasteiger partial charge in [-0.15, -0.1) is 0 Å². The van der Waals surface area contributed by atoms with Crippen LogP contribution >= 0.6 is 0 Å². The molecule has 0 spiro atoms. The fourth-order valence-electron chi connectivity index (χ4n) is 3.63. The van der Waals surface area contributed by atoms with E-state index in [-0.39, 0.29) is 12.5 Å². The monoisotopic (exact) mass is 317 g/mol. The molecule has 2 heterocycles. The van der Waals surface area contributed by atoms with Gasteiger partial charge in [0.2, 0.25) is 5.91 Å². The minimum Gasteiger partial charge on any atom is -0.484 e. The van der Waals surface area contributed by atoms with Crippen molar-refractivity contribution in [1.29, 1.82) is 0 Å². The van der Waals surface area contributed by atoms with Crippen LogP contribution in [0.4, 0.5) is 5.69 Å². The predicted octanol–water partition coefficient (Wildman–Crippen LogP) is 1.41. The molecule has 6 heteroatoms. The smallest absolute Gasteiger partial charge is 0.255 e. The molecule has 3 rings (SSSR count). The first-order valence-corrected chi connectivity index (χ1v) is 8.15. The summed E-state index contributed by atoms with van der Waals surface area (Å²) in [6.45, 7) is -0.171. The maximum atomic E-state index is 12.2. The SMILES string of the molecule is NC(=O)COc1cccc(NC(=O)CC2CC3CCC(C2)N3)c1. The van der Waals surface area contributed by atoms with Gasteiger partial charge < -0.3 is 21.1 Å². The zero-order chi connectivity index (χ0) is 16.2. The number of anilines is 1. The van der Waals surface area contributed by atoms with Crippen LogP contribution in [-0.2, 0) is 9.59 Å². The van der Waals surface area contributed by atoms with Crippen LogP contribution in [0.3, 0.4) is 0 Å². The molecule has 2 saturated heterocycles. The van der Waals surface area contributed by atoms with Crippen molar-refractivity contribution in [2.75, 3.05) is 11.9 Å². The lowest BCUT2D eigenvalue weighted by molar-refractivity contribution is -0.120. The molecule has 0 radical (unpaired) electrons. The molecule has 6 nitrogen and oxygen atoms in total. The van der Waals surface area contributed by atoms with Crippen LogP contribution in [-0.4, -0.2) is 30.5 Å². The van der Waals surface area contributed by atoms with Crippen molar-refractivity contribution in [2.45, 2.75) is 44.2 Å². The molecular formula is C17H23N3O3. The molecule has 4 N–H and O–H groups in total. The third-order valence-corrected chi connectivity index (χ3v) is 4.54. The van der Waals surface area contributed by atoms with Gasteiger partial charge in [0, 0.05) is 30.3 Å². The van der Waals surface area contributed by atoms with E-state index in [1.165, 1.54) is 12.8 Å². The molecule has 23 heavy (non-hydrogen) atoms. The van der Waals surface area contributed by atoms with Gasteiger partial charge in [0.1, 0.15) is 5.75 Å². The number of carbonyl (C=O) groups is 2. The average molecular weight is 317 g/mol. The van der Waals surface area contributed by atoms with Gasteiger partial charge in [-0.05, 0) is 43.7 Å². The van der Waals surface area contributed by atoms with E-state index in [4.69, 9.17) is 10.5 Å². The lowest BCUT2D eigenvalue weighted by Gasteiger charge is -2.28.